The molecule has 4 heteroatoms. The van der Waals surface area contributed by atoms with Crippen molar-refractivity contribution < 1.29 is 14.1 Å². The van der Waals surface area contributed by atoms with Crippen LogP contribution in [0.25, 0.3) is 0 Å². The van der Waals surface area contributed by atoms with Crippen LogP contribution in [0.15, 0.2) is 22.8 Å². The zero-order valence-electron chi connectivity index (χ0n) is 4.07. The van der Waals surface area contributed by atoms with E-state index in [-0.39, 0.29) is 5.95 Å². The molecule has 0 aliphatic rings. The van der Waals surface area contributed by atoms with Gasteiger partial charge < -0.3 is 14.1 Å². The fourth-order valence-corrected chi connectivity index (χ4v) is 0.382. The van der Waals surface area contributed by atoms with E-state index >= 15 is 0 Å². The first kappa shape index (κ1) is 5.25. The number of furan rings is 1. The van der Waals surface area contributed by atoms with Crippen LogP contribution in [0, 0.1) is 0 Å². The molecule has 0 atom stereocenters. The molecule has 0 spiro atoms. The fraction of sp³-hybridized carbons (Fsp3) is 0. The minimum atomic E-state index is 0.285. The summed E-state index contributed by atoms with van der Waals surface area (Å²) in [6.45, 7) is 0. The molecule has 0 aliphatic carbocycles. The van der Waals surface area contributed by atoms with Crippen molar-refractivity contribution in [3.8, 4) is 5.95 Å². The number of rotatable bonds is 2. The molecule has 0 amide bonds. The molecule has 1 aromatic heterocycles. The Morgan fingerprint density at radius 2 is 2.62 bits per heavy atom. The summed E-state index contributed by atoms with van der Waals surface area (Å²) < 4.78 is 9.07. The monoisotopic (exact) mass is 111 g/mol. The third-order valence-electron chi connectivity index (χ3n) is 0.664. The zero-order chi connectivity index (χ0) is 5.82. The van der Waals surface area contributed by atoms with Gasteiger partial charge in [0, 0.05) is 6.07 Å². The Morgan fingerprint density at radius 3 is 3.12 bits per heavy atom. The van der Waals surface area contributed by atoms with Crippen molar-refractivity contribution in [2.24, 2.45) is 0 Å². The Balaban J connectivity index is 2.50. The molecule has 0 unspecified atom stereocenters. The van der Waals surface area contributed by atoms with E-state index in [2.05, 4.69) is 9.07 Å². The first-order valence-electron chi connectivity index (χ1n) is 2.09. The molecule has 1 N–H and O–H groups in total. The molecule has 0 saturated carbocycles. The van der Waals surface area contributed by atoms with Crippen LogP contribution >= 0.6 is 0 Å². The summed E-state index contributed by atoms with van der Waals surface area (Å²) in [6, 6.07) is 3.26. The van der Waals surface area contributed by atoms with Gasteiger partial charge in [0.2, 0.25) is 0 Å². The standard InChI is InChI=1S/C4H4BO3/c6-5-8-4-2-1-3-7-4/h1-3,6H. The third-order valence-corrected chi connectivity index (χ3v) is 0.664. The fourth-order valence-electron chi connectivity index (χ4n) is 0.382. The molecule has 41 valence electrons. The Morgan fingerprint density at radius 1 is 1.75 bits per heavy atom. The van der Waals surface area contributed by atoms with Crippen LogP contribution in [0.1, 0.15) is 0 Å². The molecule has 0 aliphatic heterocycles. The van der Waals surface area contributed by atoms with Gasteiger partial charge in [-0.15, -0.1) is 0 Å². The summed E-state index contributed by atoms with van der Waals surface area (Å²) in [5.41, 5.74) is 0. The van der Waals surface area contributed by atoms with Gasteiger partial charge in [-0.2, -0.15) is 0 Å². The number of hydrogen-bond donors (Lipinski definition) is 1. The lowest BCUT2D eigenvalue weighted by atomic mass is 10.4. The minimum absolute atomic E-state index is 0.285. The second-order valence-electron chi connectivity index (χ2n) is 1.16. The largest absolute Gasteiger partial charge is 0.571 e. The molecule has 1 radical (unpaired) electrons. The van der Waals surface area contributed by atoms with Crippen molar-refractivity contribution in [3.05, 3.63) is 18.4 Å². The average Bonchev–Trinajstić information content (AvgIpc) is 2.19. The van der Waals surface area contributed by atoms with Crippen LogP contribution in [0.3, 0.4) is 0 Å². The van der Waals surface area contributed by atoms with Crippen LogP contribution in [0.4, 0.5) is 0 Å². The van der Waals surface area contributed by atoms with Gasteiger partial charge in [-0.05, 0) is 6.07 Å². The highest BCUT2D eigenvalue weighted by Crippen LogP contribution is 2.07. The Bertz CT molecular complexity index is 137. The quantitative estimate of drug-likeness (QED) is 0.553. The van der Waals surface area contributed by atoms with Gasteiger partial charge >= 0.3 is 7.69 Å². The Labute approximate surface area is 47.2 Å². The topological polar surface area (TPSA) is 42.6 Å². The maximum atomic E-state index is 8.03. The summed E-state index contributed by atoms with van der Waals surface area (Å²) in [5.74, 6) is 0.285. The molecule has 3 nitrogen and oxygen atoms in total. The highest BCUT2D eigenvalue weighted by Gasteiger charge is 1.92. The first-order chi connectivity index (χ1) is 3.93. The second-order valence-corrected chi connectivity index (χ2v) is 1.16. The molecule has 0 bridgehead atoms. The van der Waals surface area contributed by atoms with E-state index in [4.69, 9.17) is 5.02 Å². The maximum Gasteiger partial charge on any atom is 0.571 e. The van der Waals surface area contributed by atoms with Gasteiger partial charge in [-0.25, -0.2) is 0 Å². The van der Waals surface area contributed by atoms with Gasteiger partial charge in [0.25, 0.3) is 5.95 Å². The van der Waals surface area contributed by atoms with E-state index in [0.717, 1.165) is 0 Å². The Kier molecular flexibility index (Phi) is 1.59. The van der Waals surface area contributed by atoms with Crippen LogP contribution in [0.5, 0.6) is 5.95 Å². The molecule has 1 aromatic rings. The highest BCUT2D eigenvalue weighted by molar-refractivity contribution is 6.17. The smallest absolute Gasteiger partial charge is 0.510 e. The molecule has 1 heterocycles. The van der Waals surface area contributed by atoms with Crippen LogP contribution < -0.4 is 4.65 Å². The second kappa shape index (κ2) is 2.42. The summed E-state index contributed by atoms with van der Waals surface area (Å²) in [5, 5.41) is 8.03. The van der Waals surface area contributed by atoms with Gasteiger partial charge in [0.15, 0.2) is 0 Å². The van der Waals surface area contributed by atoms with E-state index in [1.165, 1.54) is 6.26 Å². The average molecular weight is 111 g/mol. The van der Waals surface area contributed by atoms with E-state index < -0.39 is 0 Å². The van der Waals surface area contributed by atoms with Crippen LogP contribution in [0.2, 0.25) is 0 Å². The molecule has 0 saturated heterocycles. The predicted octanol–water partition coefficient (Wildman–Crippen LogP) is 0.185. The lowest BCUT2D eigenvalue weighted by Gasteiger charge is -1.89. The van der Waals surface area contributed by atoms with E-state index in [0.29, 0.717) is 7.69 Å². The zero-order valence-corrected chi connectivity index (χ0v) is 4.07. The van der Waals surface area contributed by atoms with Gasteiger partial charge in [-0.3, -0.25) is 0 Å². The maximum absolute atomic E-state index is 8.03. The SMILES string of the molecule is O[B]Oc1ccco1. The molecule has 0 fully saturated rings. The van der Waals surface area contributed by atoms with Gasteiger partial charge in [-0.1, -0.05) is 0 Å². The van der Waals surface area contributed by atoms with Crippen molar-refractivity contribution in [1.82, 2.24) is 0 Å². The van der Waals surface area contributed by atoms with E-state index in [9.17, 15) is 0 Å². The lowest BCUT2D eigenvalue weighted by molar-refractivity contribution is 0.358. The van der Waals surface area contributed by atoms with Crippen molar-refractivity contribution in [3.63, 3.8) is 0 Å². The molecular formula is C4H4BO3. The molecular weight excluding hydrogens is 107 g/mol. The summed E-state index contributed by atoms with van der Waals surface area (Å²) in [6.07, 6.45) is 1.46. The van der Waals surface area contributed by atoms with Crippen molar-refractivity contribution >= 4 is 7.69 Å². The predicted molar refractivity (Wildman–Crippen MR) is 27.3 cm³/mol. The van der Waals surface area contributed by atoms with Crippen LogP contribution in [-0.4, -0.2) is 12.7 Å². The molecule has 1 rings (SSSR count). The van der Waals surface area contributed by atoms with Crippen molar-refractivity contribution in [2.75, 3.05) is 0 Å². The van der Waals surface area contributed by atoms with Crippen molar-refractivity contribution in [2.45, 2.75) is 0 Å². The molecule has 8 heavy (non-hydrogen) atoms. The molecule has 0 aromatic carbocycles. The minimum Gasteiger partial charge on any atom is -0.510 e. The summed E-state index contributed by atoms with van der Waals surface area (Å²) in [7, 11) is 0.568. The van der Waals surface area contributed by atoms with Gasteiger partial charge in [0.05, 0.1) is 6.26 Å². The van der Waals surface area contributed by atoms with Crippen LogP contribution in [-0.2, 0) is 0 Å². The third kappa shape index (κ3) is 1.04. The van der Waals surface area contributed by atoms with E-state index in [1.54, 1.807) is 12.1 Å². The van der Waals surface area contributed by atoms with E-state index in [1.807, 2.05) is 0 Å². The Hall–Kier alpha value is -0.895. The lowest BCUT2D eigenvalue weighted by Crippen LogP contribution is -1.97. The summed E-state index contributed by atoms with van der Waals surface area (Å²) >= 11 is 0. The normalized spacial score (nSPS) is 8.62. The summed E-state index contributed by atoms with van der Waals surface area (Å²) in [4.78, 5) is 0. The van der Waals surface area contributed by atoms with Gasteiger partial charge in [0.1, 0.15) is 0 Å². The van der Waals surface area contributed by atoms with Crippen molar-refractivity contribution in [1.29, 1.82) is 0 Å². The highest BCUT2D eigenvalue weighted by atomic mass is 16.6. The number of hydrogen-bond acceptors (Lipinski definition) is 3. The first-order valence-corrected chi connectivity index (χ1v) is 2.09.